The van der Waals surface area contributed by atoms with Gasteiger partial charge in [0.2, 0.25) is 0 Å². The van der Waals surface area contributed by atoms with Crippen molar-refractivity contribution in [3.05, 3.63) is 121 Å². The molecular formula is C34H40BNTe. The van der Waals surface area contributed by atoms with E-state index in [4.69, 9.17) is 5.26 Å². The zero-order chi connectivity index (χ0) is 26.2. The molecule has 190 valence electrons. The van der Waals surface area contributed by atoms with E-state index in [0.717, 1.165) is 4.47 Å². The van der Waals surface area contributed by atoms with Crippen molar-refractivity contribution in [2.24, 2.45) is 0 Å². The van der Waals surface area contributed by atoms with E-state index < -0.39 is 25.7 Å². The molecule has 4 aromatic carbocycles. The van der Waals surface area contributed by atoms with E-state index in [1.807, 2.05) is 0 Å². The van der Waals surface area contributed by atoms with Crippen molar-refractivity contribution < 1.29 is 0 Å². The minimum atomic E-state index is -1.22. The van der Waals surface area contributed by atoms with E-state index in [0.29, 0.717) is 0 Å². The molecule has 0 aliphatic rings. The van der Waals surface area contributed by atoms with Gasteiger partial charge in [-0.25, -0.2) is 0 Å². The van der Waals surface area contributed by atoms with Gasteiger partial charge < -0.3 is 0 Å². The number of rotatable bonds is 11. The van der Waals surface area contributed by atoms with Crippen molar-refractivity contribution >= 4 is 47.5 Å². The van der Waals surface area contributed by atoms with E-state index in [9.17, 15) is 0 Å². The topological polar surface area (TPSA) is 23.8 Å². The van der Waals surface area contributed by atoms with Crippen molar-refractivity contribution in [2.75, 3.05) is 0 Å². The summed E-state index contributed by atoms with van der Waals surface area (Å²) >= 11 is -0.923. The molecule has 0 aliphatic carbocycles. The van der Waals surface area contributed by atoms with Crippen LogP contribution in [0, 0.1) is 11.3 Å². The third kappa shape index (κ3) is 7.85. The Morgan fingerprint density at radius 3 is 1.08 bits per heavy atom. The second-order valence-corrected chi connectivity index (χ2v) is 16.2. The van der Waals surface area contributed by atoms with Crippen molar-refractivity contribution in [3.63, 3.8) is 0 Å². The minimum absolute atomic E-state index is 0.923. The van der Waals surface area contributed by atoms with Crippen LogP contribution in [0.25, 0.3) is 0 Å². The smallest absolute Gasteiger partial charge is 0.108 e. The number of nitriles is 1. The maximum absolute atomic E-state index is 8.63. The number of hydrogen-bond donors (Lipinski definition) is 0. The summed E-state index contributed by atoms with van der Waals surface area (Å²) in [4.78, 5) is 0. The Hall–Kier alpha value is -2.78. The predicted octanol–water partition coefficient (Wildman–Crippen LogP) is 6.67. The van der Waals surface area contributed by atoms with Crippen molar-refractivity contribution in [1.29, 1.82) is 5.26 Å². The summed E-state index contributed by atoms with van der Waals surface area (Å²) in [6, 6.07) is 45.9. The van der Waals surface area contributed by atoms with Gasteiger partial charge in [0.25, 0.3) is 0 Å². The molecule has 3 heteroatoms. The summed E-state index contributed by atoms with van der Waals surface area (Å²) in [6.07, 6.45) is 4.11. The summed E-state index contributed by atoms with van der Waals surface area (Å²) in [5.74, 6) is 0. The third-order valence-electron chi connectivity index (χ3n) is 7.04. The zero-order valence-electron chi connectivity index (χ0n) is 22.4. The molecule has 0 aromatic heterocycles. The van der Waals surface area contributed by atoms with Crippen LogP contribution in [0.15, 0.2) is 121 Å². The maximum atomic E-state index is 8.63. The fourth-order valence-electron chi connectivity index (χ4n) is 5.16. The Morgan fingerprint density at radius 1 is 0.541 bits per heavy atom. The molecule has 0 radical (unpaired) electrons. The molecule has 0 unspecified atom stereocenters. The second kappa shape index (κ2) is 16.1. The molecular weight excluding hydrogens is 561 g/mol. The molecule has 0 fully saturated rings. The van der Waals surface area contributed by atoms with Crippen LogP contribution in [0.1, 0.15) is 39.5 Å². The van der Waals surface area contributed by atoms with Gasteiger partial charge in [-0.2, -0.15) is 21.9 Å². The Morgan fingerprint density at radius 2 is 0.838 bits per heavy atom. The largest absolute Gasteiger partial charge is 0.195 e. The summed E-state index contributed by atoms with van der Waals surface area (Å²) in [5, 5.41) is 8.63. The molecule has 1 nitrogen and oxygen atoms in total. The summed E-state index contributed by atoms with van der Waals surface area (Å²) in [7, 11) is 0. The van der Waals surface area contributed by atoms with Gasteiger partial charge in [0.05, 0.1) is 0 Å². The fraction of sp³-hybridized carbons (Fsp3) is 0.265. The van der Waals surface area contributed by atoms with Crippen LogP contribution in [0.2, 0.25) is 13.4 Å². The van der Waals surface area contributed by atoms with Crippen LogP contribution in [0.5, 0.6) is 0 Å². The van der Waals surface area contributed by atoms with Crippen molar-refractivity contribution in [3.8, 4) is 6.07 Å². The first-order valence-electron chi connectivity index (χ1n) is 13.7. The van der Waals surface area contributed by atoms with E-state index in [-0.39, 0.29) is 0 Å². The summed E-state index contributed by atoms with van der Waals surface area (Å²) in [6.45, 7) is 4.48. The summed E-state index contributed by atoms with van der Waals surface area (Å²) in [5.41, 5.74) is 5.36. The minimum Gasteiger partial charge on any atom is -0.195 e. The van der Waals surface area contributed by atoms with E-state index >= 15 is 0 Å². The van der Waals surface area contributed by atoms with Gasteiger partial charge in [0, 0.05) is 0 Å². The summed E-state index contributed by atoms with van der Waals surface area (Å²) < 4.78 is 3.78. The molecule has 0 atom stereocenters. The molecule has 4 rings (SSSR count). The first-order chi connectivity index (χ1) is 18.3. The number of benzene rings is 4. The molecule has 0 spiro atoms. The van der Waals surface area contributed by atoms with Crippen molar-refractivity contribution in [1.82, 2.24) is 0 Å². The maximum Gasteiger partial charge on any atom is 0.108 e. The van der Waals surface area contributed by atoms with Gasteiger partial charge >= 0.3 is 83.8 Å². The van der Waals surface area contributed by atoms with Gasteiger partial charge in [-0.1, -0.05) is 121 Å². The van der Waals surface area contributed by atoms with E-state index in [2.05, 4.69) is 141 Å². The van der Waals surface area contributed by atoms with E-state index in [1.54, 1.807) is 0 Å². The van der Waals surface area contributed by atoms with Crippen LogP contribution < -0.4 is 21.9 Å². The van der Waals surface area contributed by atoms with Gasteiger partial charge in [-0.15, -0.1) is 0 Å². The number of unbranched alkanes of at least 4 members (excludes halogenated alkanes) is 2. The molecule has 4 aromatic rings. The average Bonchev–Trinajstić information content (AvgIpc) is 2.98. The molecule has 0 heterocycles. The van der Waals surface area contributed by atoms with Crippen LogP contribution in [-0.4, -0.2) is 25.7 Å². The third-order valence-corrected chi connectivity index (χ3v) is 13.5. The molecule has 0 N–H and O–H groups in total. The molecule has 0 aliphatic heterocycles. The molecule has 0 bridgehead atoms. The first-order valence-corrected chi connectivity index (χ1v) is 18.6. The van der Waals surface area contributed by atoms with Crippen LogP contribution in [0.3, 0.4) is 0 Å². The molecule has 37 heavy (non-hydrogen) atoms. The van der Waals surface area contributed by atoms with Gasteiger partial charge in [0.15, 0.2) is 0 Å². The van der Waals surface area contributed by atoms with Crippen LogP contribution in [-0.2, 0) is 0 Å². The Labute approximate surface area is 232 Å². The van der Waals surface area contributed by atoms with Crippen LogP contribution >= 0.6 is 0 Å². The van der Waals surface area contributed by atoms with Gasteiger partial charge in [-0.3, -0.25) is 0 Å². The zero-order valence-corrected chi connectivity index (χ0v) is 24.8. The van der Waals surface area contributed by atoms with Crippen molar-refractivity contribution in [2.45, 2.75) is 52.9 Å². The second-order valence-electron chi connectivity index (χ2n) is 9.54. The van der Waals surface area contributed by atoms with Crippen LogP contribution in [0.4, 0.5) is 0 Å². The standard InChI is InChI=1S/C24H20B.C10H20NTe/c1-5-13-21(14-6-1)25(22-15-7-2-8-16-22,23-17-9-3-10-18-23)24-19-11-4-12-20-24;1-3-5-8-12(10-7-11)9-6-4-2/h1-20H;3-6,8-10H2,1-2H3/q-1;+1. The molecule has 0 amide bonds. The predicted molar refractivity (Wildman–Crippen MR) is 166 cm³/mol. The monoisotopic (exact) mass is 603 g/mol. The number of nitrogens with zero attached hydrogens (tertiary/aromatic N) is 1. The number of hydrogen-bond acceptors (Lipinski definition) is 1. The Balaban J connectivity index is 0.000000270. The Kier molecular flexibility index (Phi) is 12.6. The first kappa shape index (κ1) is 28.8. The quantitative estimate of drug-likeness (QED) is 0.176. The van der Waals surface area contributed by atoms with Gasteiger partial charge in [-0.05, 0) is 0 Å². The Bertz CT molecular complexity index is 1000. The molecule has 0 saturated carbocycles. The van der Waals surface area contributed by atoms with Gasteiger partial charge in [0.1, 0.15) is 6.15 Å². The fourth-order valence-corrected chi connectivity index (χ4v) is 11.1. The normalized spacial score (nSPS) is 10.9. The molecule has 0 saturated heterocycles. The average molecular weight is 601 g/mol. The van der Waals surface area contributed by atoms with E-state index in [1.165, 1.54) is 56.5 Å². The SMILES string of the molecule is CCCC[Te+](CC#N)CCCC.c1ccc([B-](c2ccccc2)(c2ccccc2)c2ccccc2)cc1.